The van der Waals surface area contributed by atoms with Gasteiger partial charge in [0.05, 0.1) is 18.8 Å². The van der Waals surface area contributed by atoms with Crippen molar-refractivity contribution in [3.8, 4) is 0 Å². The summed E-state index contributed by atoms with van der Waals surface area (Å²) in [6.07, 6.45) is 1.94. The lowest BCUT2D eigenvalue weighted by Crippen LogP contribution is -2.36. The van der Waals surface area contributed by atoms with E-state index in [1.807, 2.05) is 29.2 Å². The van der Waals surface area contributed by atoms with E-state index in [-0.39, 0.29) is 30.1 Å². The van der Waals surface area contributed by atoms with Gasteiger partial charge in [0.15, 0.2) is 11.3 Å². The van der Waals surface area contributed by atoms with E-state index in [0.29, 0.717) is 23.1 Å². The van der Waals surface area contributed by atoms with Crippen molar-refractivity contribution in [2.75, 3.05) is 29.9 Å². The van der Waals surface area contributed by atoms with Crippen LogP contribution in [0.3, 0.4) is 0 Å². The normalized spacial score (nSPS) is 19.6. The molecule has 8 nitrogen and oxygen atoms in total. The Balaban J connectivity index is 1.20. The standard InChI is InChI=1S/C30H29F3N6O2/c1-18(40)37-12-10-20(11-13-37)19-2-5-23(6-3-19)35-30(41)27-16-34-28-8-9-29(36-39(27)28)38-17-22(32)15-26(38)24-14-21(31)4-7-25(24)33/h2-9,14,16,20,22,26H,10-13,15,17H2,1H3,(H,35,41)/t22-,26+/m0/s1. The second-order valence-electron chi connectivity index (χ2n) is 10.6. The van der Waals surface area contributed by atoms with Crippen molar-refractivity contribution in [1.82, 2.24) is 19.5 Å². The smallest absolute Gasteiger partial charge is 0.276 e. The molecule has 0 saturated carbocycles. The van der Waals surface area contributed by atoms with Crippen molar-refractivity contribution >= 4 is 29.0 Å². The van der Waals surface area contributed by atoms with Crippen molar-refractivity contribution in [2.24, 2.45) is 0 Å². The fourth-order valence-electron chi connectivity index (χ4n) is 5.84. The number of alkyl halides is 1. The summed E-state index contributed by atoms with van der Waals surface area (Å²) in [7, 11) is 0. The molecule has 6 rings (SSSR count). The lowest BCUT2D eigenvalue weighted by molar-refractivity contribution is -0.129. The molecule has 0 bridgehead atoms. The molecule has 2 amide bonds. The number of carbonyl (C=O) groups excluding carboxylic acids is 2. The molecule has 1 N–H and O–H groups in total. The first-order valence-electron chi connectivity index (χ1n) is 13.6. The Kier molecular flexibility index (Phi) is 7.10. The molecular formula is C30H29F3N6O2. The minimum Gasteiger partial charge on any atom is -0.345 e. The molecule has 0 aliphatic carbocycles. The number of carbonyl (C=O) groups is 2. The molecule has 0 radical (unpaired) electrons. The molecule has 212 valence electrons. The number of amides is 2. The summed E-state index contributed by atoms with van der Waals surface area (Å²) in [5.41, 5.74) is 2.41. The summed E-state index contributed by atoms with van der Waals surface area (Å²) >= 11 is 0. The summed E-state index contributed by atoms with van der Waals surface area (Å²) in [5.74, 6) is -0.877. The molecule has 11 heteroatoms. The Labute approximate surface area is 234 Å². The van der Waals surface area contributed by atoms with Gasteiger partial charge in [0.1, 0.15) is 23.6 Å². The molecule has 2 aromatic heterocycles. The van der Waals surface area contributed by atoms with Crippen molar-refractivity contribution in [1.29, 1.82) is 0 Å². The summed E-state index contributed by atoms with van der Waals surface area (Å²) in [6, 6.07) is 13.3. The van der Waals surface area contributed by atoms with Crippen molar-refractivity contribution < 1.29 is 22.8 Å². The maximum Gasteiger partial charge on any atom is 0.276 e. The SMILES string of the molecule is CC(=O)N1CCC(c2ccc(NC(=O)c3cnc4ccc(N5C[C@@H](F)C[C@@H]5c5cc(F)ccc5F)nn34)cc2)CC1. The van der Waals surface area contributed by atoms with Gasteiger partial charge in [0, 0.05) is 37.7 Å². The maximum absolute atomic E-state index is 14.6. The van der Waals surface area contributed by atoms with Crippen LogP contribution in [0.2, 0.25) is 0 Å². The van der Waals surface area contributed by atoms with Gasteiger partial charge in [-0.15, -0.1) is 5.10 Å². The van der Waals surface area contributed by atoms with E-state index in [2.05, 4.69) is 15.4 Å². The first-order chi connectivity index (χ1) is 19.8. The highest BCUT2D eigenvalue weighted by atomic mass is 19.1. The summed E-state index contributed by atoms with van der Waals surface area (Å²) in [6.45, 7) is 3.02. The van der Waals surface area contributed by atoms with E-state index >= 15 is 0 Å². The molecule has 2 aliphatic rings. The van der Waals surface area contributed by atoms with Gasteiger partial charge in [-0.25, -0.2) is 22.7 Å². The van der Waals surface area contributed by atoms with E-state index in [4.69, 9.17) is 0 Å². The summed E-state index contributed by atoms with van der Waals surface area (Å²) < 4.78 is 44.4. The predicted molar refractivity (Wildman–Crippen MR) is 148 cm³/mol. The number of nitrogens with one attached hydrogen (secondary N) is 1. The molecule has 2 atom stereocenters. The Hall–Kier alpha value is -4.41. The number of likely N-dealkylation sites (tertiary alicyclic amines) is 1. The topological polar surface area (TPSA) is 82.8 Å². The van der Waals surface area contributed by atoms with Gasteiger partial charge in [-0.2, -0.15) is 0 Å². The first kappa shape index (κ1) is 26.8. The lowest BCUT2D eigenvalue weighted by atomic mass is 9.89. The van der Waals surface area contributed by atoms with Gasteiger partial charge in [0.2, 0.25) is 5.91 Å². The van der Waals surface area contributed by atoms with Gasteiger partial charge in [-0.1, -0.05) is 12.1 Å². The Bertz CT molecular complexity index is 1600. The highest BCUT2D eigenvalue weighted by Gasteiger charge is 2.36. The average molecular weight is 563 g/mol. The fourth-order valence-corrected chi connectivity index (χ4v) is 5.84. The average Bonchev–Trinajstić information content (AvgIpc) is 3.58. The molecule has 2 aromatic carbocycles. The van der Waals surface area contributed by atoms with Crippen LogP contribution in [0.25, 0.3) is 5.65 Å². The highest BCUT2D eigenvalue weighted by molar-refractivity contribution is 6.03. The molecule has 0 spiro atoms. The zero-order valence-corrected chi connectivity index (χ0v) is 22.4. The van der Waals surface area contributed by atoms with Crippen LogP contribution in [-0.2, 0) is 4.79 Å². The molecule has 4 aromatic rings. The number of rotatable bonds is 5. The fraction of sp³-hybridized carbons (Fsp3) is 0.333. The van der Waals surface area contributed by atoms with Gasteiger partial charge in [-0.05, 0) is 66.8 Å². The van der Waals surface area contributed by atoms with Gasteiger partial charge < -0.3 is 15.1 Å². The minimum atomic E-state index is -1.25. The largest absolute Gasteiger partial charge is 0.345 e. The second-order valence-corrected chi connectivity index (χ2v) is 10.6. The molecule has 41 heavy (non-hydrogen) atoms. The van der Waals surface area contributed by atoms with E-state index in [1.165, 1.54) is 10.7 Å². The van der Waals surface area contributed by atoms with Crippen LogP contribution in [0, 0.1) is 11.6 Å². The predicted octanol–water partition coefficient (Wildman–Crippen LogP) is 5.28. The van der Waals surface area contributed by atoms with E-state index < -0.39 is 29.8 Å². The Morgan fingerprint density at radius 3 is 2.49 bits per heavy atom. The van der Waals surface area contributed by atoms with E-state index in [9.17, 15) is 22.8 Å². The zero-order valence-electron chi connectivity index (χ0n) is 22.4. The van der Waals surface area contributed by atoms with Crippen LogP contribution in [0.4, 0.5) is 24.7 Å². The number of hydrogen-bond acceptors (Lipinski definition) is 5. The number of anilines is 2. The van der Waals surface area contributed by atoms with Crippen LogP contribution in [0.15, 0.2) is 60.8 Å². The first-order valence-corrected chi connectivity index (χ1v) is 13.6. The molecule has 0 unspecified atom stereocenters. The van der Waals surface area contributed by atoms with Crippen molar-refractivity contribution in [3.63, 3.8) is 0 Å². The zero-order chi connectivity index (χ0) is 28.7. The van der Waals surface area contributed by atoms with Crippen LogP contribution < -0.4 is 10.2 Å². The van der Waals surface area contributed by atoms with Crippen molar-refractivity contribution in [3.05, 3.63) is 89.2 Å². The third-order valence-electron chi connectivity index (χ3n) is 8.02. The third kappa shape index (κ3) is 5.36. The molecular weight excluding hydrogens is 533 g/mol. The molecule has 4 heterocycles. The lowest BCUT2D eigenvalue weighted by Gasteiger charge is -2.31. The molecule has 2 saturated heterocycles. The van der Waals surface area contributed by atoms with Gasteiger partial charge in [0.25, 0.3) is 5.91 Å². The van der Waals surface area contributed by atoms with Crippen LogP contribution in [-0.4, -0.2) is 57.1 Å². The second kappa shape index (κ2) is 10.9. The molecule has 2 fully saturated rings. The van der Waals surface area contributed by atoms with Crippen molar-refractivity contribution in [2.45, 2.75) is 44.3 Å². The maximum atomic E-state index is 14.6. The highest BCUT2D eigenvalue weighted by Crippen LogP contribution is 2.38. The quantitative estimate of drug-likeness (QED) is 0.358. The van der Waals surface area contributed by atoms with Crippen LogP contribution in [0.1, 0.15) is 59.8 Å². The van der Waals surface area contributed by atoms with Crippen LogP contribution in [0.5, 0.6) is 0 Å². The number of halogens is 3. The van der Waals surface area contributed by atoms with Gasteiger partial charge in [-0.3, -0.25) is 9.59 Å². The summed E-state index contributed by atoms with van der Waals surface area (Å²) in [4.78, 5) is 32.5. The Morgan fingerprint density at radius 1 is 1.00 bits per heavy atom. The number of aromatic nitrogens is 3. The number of nitrogens with zero attached hydrogens (tertiary/aromatic N) is 5. The monoisotopic (exact) mass is 562 g/mol. The number of hydrogen-bond donors (Lipinski definition) is 1. The van der Waals surface area contributed by atoms with Crippen LogP contribution >= 0.6 is 0 Å². The minimum absolute atomic E-state index is 0.0107. The van der Waals surface area contributed by atoms with E-state index in [0.717, 1.165) is 49.7 Å². The number of benzene rings is 2. The number of piperidine rings is 1. The van der Waals surface area contributed by atoms with E-state index in [1.54, 1.807) is 24.0 Å². The number of imidazole rings is 1. The number of fused-ring (bicyclic) bond motifs is 1. The third-order valence-corrected chi connectivity index (χ3v) is 8.02. The summed E-state index contributed by atoms with van der Waals surface area (Å²) in [5, 5.41) is 7.42. The van der Waals surface area contributed by atoms with Gasteiger partial charge >= 0.3 is 0 Å². The molecule has 2 aliphatic heterocycles. The Morgan fingerprint density at radius 2 is 1.76 bits per heavy atom.